The number of aromatic nitrogens is 1. The Morgan fingerprint density at radius 3 is 2.53 bits per heavy atom. The van der Waals surface area contributed by atoms with Crippen molar-refractivity contribution in [1.29, 1.82) is 0 Å². The molecule has 0 N–H and O–H groups in total. The summed E-state index contributed by atoms with van der Waals surface area (Å²) in [5.74, 6) is 0. The molecule has 0 aliphatic rings. The first-order chi connectivity index (χ1) is 9.05. The minimum Gasteiger partial charge on any atom is -0.265 e. The lowest BCUT2D eigenvalue weighted by molar-refractivity contribution is 0.588. The molecule has 4 nitrogen and oxygen atoms in total. The SMILES string of the molecule is CCN(c1cccc(C)c1)S(=O)(=O)c1ccccn1. The lowest BCUT2D eigenvalue weighted by atomic mass is 10.2. The topological polar surface area (TPSA) is 50.3 Å². The van der Waals surface area contributed by atoms with Gasteiger partial charge in [-0.25, -0.2) is 4.98 Å². The van der Waals surface area contributed by atoms with Gasteiger partial charge in [-0.3, -0.25) is 4.31 Å². The van der Waals surface area contributed by atoms with Crippen molar-refractivity contribution >= 4 is 15.7 Å². The van der Waals surface area contributed by atoms with Crippen LogP contribution in [0.25, 0.3) is 0 Å². The molecular formula is C14H16N2O2S. The number of hydrogen-bond acceptors (Lipinski definition) is 3. The van der Waals surface area contributed by atoms with Gasteiger partial charge in [0, 0.05) is 12.7 Å². The molecule has 0 unspecified atom stereocenters. The highest BCUT2D eigenvalue weighted by Gasteiger charge is 2.24. The van der Waals surface area contributed by atoms with E-state index < -0.39 is 10.0 Å². The molecule has 0 atom stereocenters. The van der Waals surface area contributed by atoms with Crippen LogP contribution in [0.2, 0.25) is 0 Å². The zero-order valence-corrected chi connectivity index (χ0v) is 11.8. The van der Waals surface area contributed by atoms with Crippen LogP contribution in [0.3, 0.4) is 0 Å². The summed E-state index contributed by atoms with van der Waals surface area (Å²) < 4.78 is 26.4. The van der Waals surface area contributed by atoms with E-state index in [1.807, 2.05) is 32.0 Å². The molecular weight excluding hydrogens is 260 g/mol. The molecule has 0 aliphatic carbocycles. The molecule has 0 bridgehead atoms. The normalized spacial score (nSPS) is 11.3. The van der Waals surface area contributed by atoms with Gasteiger partial charge in [-0.2, -0.15) is 8.42 Å². The Hall–Kier alpha value is -1.88. The van der Waals surface area contributed by atoms with Crippen LogP contribution in [0.4, 0.5) is 5.69 Å². The van der Waals surface area contributed by atoms with Gasteiger partial charge in [0.05, 0.1) is 5.69 Å². The van der Waals surface area contributed by atoms with Gasteiger partial charge in [-0.05, 0) is 43.7 Å². The van der Waals surface area contributed by atoms with Crippen LogP contribution < -0.4 is 4.31 Å². The molecule has 0 spiro atoms. The Kier molecular flexibility index (Phi) is 3.85. The van der Waals surface area contributed by atoms with Gasteiger partial charge >= 0.3 is 0 Å². The van der Waals surface area contributed by atoms with E-state index in [1.54, 1.807) is 18.2 Å². The van der Waals surface area contributed by atoms with E-state index in [4.69, 9.17) is 0 Å². The van der Waals surface area contributed by atoms with E-state index in [9.17, 15) is 8.42 Å². The van der Waals surface area contributed by atoms with E-state index in [-0.39, 0.29) is 5.03 Å². The third-order valence-electron chi connectivity index (χ3n) is 2.77. The summed E-state index contributed by atoms with van der Waals surface area (Å²) in [6, 6.07) is 12.3. The summed E-state index contributed by atoms with van der Waals surface area (Å²) >= 11 is 0. The van der Waals surface area contributed by atoms with E-state index in [1.165, 1.54) is 16.6 Å². The standard InChI is InChI=1S/C14H16N2O2S/c1-3-16(13-8-6-7-12(2)11-13)19(17,18)14-9-4-5-10-15-14/h4-11H,3H2,1-2H3. The van der Waals surface area contributed by atoms with Gasteiger partial charge < -0.3 is 0 Å². The van der Waals surface area contributed by atoms with E-state index >= 15 is 0 Å². The minimum atomic E-state index is -3.60. The first-order valence-corrected chi connectivity index (χ1v) is 7.50. The number of nitrogens with zero attached hydrogens (tertiary/aromatic N) is 2. The largest absolute Gasteiger partial charge is 0.281 e. The van der Waals surface area contributed by atoms with Crippen molar-refractivity contribution in [2.75, 3.05) is 10.8 Å². The van der Waals surface area contributed by atoms with Gasteiger partial charge in [-0.15, -0.1) is 0 Å². The minimum absolute atomic E-state index is 0.0679. The van der Waals surface area contributed by atoms with Crippen molar-refractivity contribution in [3.63, 3.8) is 0 Å². The van der Waals surface area contributed by atoms with Gasteiger partial charge in [0.2, 0.25) is 0 Å². The van der Waals surface area contributed by atoms with Crippen molar-refractivity contribution in [3.05, 3.63) is 54.2 Å². The lowest BCUT2D eigenvalue weighted by Gasteiger charge is -2.22. The summed E-state index contributed by atoms with van der Waals surface area (Å²) in [5, 5.41) is 0.0679. The van der Waals surface area contributed by atoms with E-state index in [0.29, 0.717) is 12.2 Å². The molecule has 1 heterocycles. The lowest BCUT2D eigenvalue weighted by Crippen LogP contribution is -2.31. The molecule has 0 saturated heterocycles. The van der Waals surface area contributed by atoms with Crippen LogP contribution in [-0.4, -0.2) is 19.9 Å². The molecule has 0 radical (unpaired) electrons. The van der Waals surface area contributed by atoms with Gasteiger partial charge in [0.25, 0.3) is 10.0 Å². The van der Waals surface area contributed by atoms with Gasteiger partial charge in [0.15, 0.2) is 5.03 Å². The molecule has 1 aromatic carbocycles. The zero-order valence-electron chi connectivity index (χ0n) is 10.9. The highest BCUT2D eigenvalue weighted by atomic mass is 32.2. The molecule has 2 rings (SSSR count). The van der Waals surface area contributed by atoms with E-state index in [2.05, 4.69) is 4.98 Å². The van der Waals surface area contributed by atoms with Crippen LogP contribution in [0.5, 0.6) is 0 Å². The van der Waals surface area contributed by atoms with Crippen LogP contribution in [0.1, 0.15) is 12.5 Å². The smallest absolute Gasteiger partial charge is 0.265 e. The van der Waals surface area contributed by atoms with Crippen LogP contribution in [0.15, 0.2) is 53.7 Å². The Labute approximate surface area is 113 Å². The maximum absolute atomic E-state index is 12.5. The van der Waals surface area contributed by atoms with Crippen molar-refractivity contribution in [2.24, 2.45) is 0 Å². The van der Waals surface area contributed by atoms with Gasteiger partial charge in [0.1, 0.15) is 0 Å². The second-order valence-electron chi connectivity index (χ2n) is 4.18. The first kappa shape index (κ1) is 13.5. The number of hydrogen-bond donors (Lipinski definition) is 0. The number of pyridine rings is 1. The molecule has 2 aromatic rings. The second kappa shape index (κ2) is 5.40. The van der Waals surface area contributed by atoms with Crippen molar-refractivity contribution < 1.29 is 8.42 Å². The van der Waals surface area contributed by atoms with Crippen molar-refractivity contribution in [1.82, 2.24) is 4.98 Å². The molecule has 100 valence electrons. The predicted octanol–water partition coefficient (Wildman–Crippen LogP) is 2.61. The Balaban J connectivity index is 2.48. The first-order valence-electron chi connectivity index (χ1n) is 6.06. The molecule has 0 amide bonds. The Morgan fingerprint density at radius 2 is 1.95 bits per heavy atom. The molecule has 0 saturated carbocycles. The number of benzene rings is 1. The summed E-state index contributed by atoms with van der Waals surface area (Å²) in [5.41, 5.74) is 1.68. The molecule has 0 aliphatic heterocycles. The van der Waals surface area contributed by atoms with E-state index in [0.717, 1.165) is 5.56 Å². The summed E-state index contributed by atoms with van der Waals surface area (Å²) in [6.45, 7) is 4.11. The third-order valence-corrected chi connectivity index (χ3v) is 4.59. The number of rotatable bonds is 4. The number of aryl methyl sites for hydroxylation is 1. The highest BCUT2D eigenvalue weighted by Crippen LogP contribution is 2.22. The molecule has 0 fully saturated rings. The van der Waals surface area contributed by atoms with Gasteiger partial charge in [-0.1, -0.05) is 18.2 Å². The maximum atomic E-state index is 12.5. The molecule has 19 heavy (non-hydrogen) atoms. The van der Waals surface area contributed by atoms with Crippen molar-refractivity contribution in [3.8, 4) is 0 Å². The summed E-state index contributed by atoms with van der Waals surface area (Å²) in [6.07, 6.45) is 1.48. The summed E-state index contributed by atoms with van der Waals surface area (Å²) in [4.78, 5) is 3.94. The zero-order chi connectivity index (χ0) is 13.9. The van der Waals surface area contributed by atoms with Crippen LogP contribution >= 0.6 is 0 Å². The fraction of sp³-hybridized carbons (Fsp3) is 0.214. The second-order valence-corrected chi connectivity index (χ2v) is 5.99. The van der Waals surface area contributed by atoms with Crippen LogP contribution in [0, 0.1) is 6.92 Å². The monoisotopic (exact) mass is 276 g/mol. The fourth-order valence-corrected chi connectivity index (χ4v) is 3.29. The summed E-state index contributed by atoms with van der Waals surface area (Å²) in [7, 11) is -3.60. The average molecular weight is 276 g/mol. The highest BCUT2D eigenvalue weighted by molar-refractivity contribution is 7.92. The molecule has 1 aromatic heterocycles. The van der Waals surface area contributed by atoms with Crippen molar-refractivity contribution in [2.45, 2.75) is 18.9 Å². The number of anilines is 1. The quantitative estimate of drug-likeness (QED) is 0.862. The third kappa shape index (κ3) is 2.76. The maximum Gasteiger partial charge on any atom is 0.281 e. The molecule has 5 heteroatoms. The Bertz CT molecular complexity index is 654. The fourth-order valence-electron chi connectivity index (χ4n) is 1.89. The number of sulfonamides is 1. The Morgan fingerprint density at radius 1 is 1.16 bits per heavy atom. The van der Waals surface area contributed by atoms with Crippen LogP contribution in [-0.2, 0) is 10.0 Å². The predicted molar refractivity (Wildman–Crippen MR) is 75.6 cm³/mol. The average Bonchev–Trinajstić information content (AvgIpc) is 2.40.